The molecule has 0 saturated carbocycles. The molecule has 1 atom stereocenters. The SMILES string of the molecule is COc1ccc(C(C)C)cc1C1CC(=O)OC1=O. The van der Waals surface area contributed by atoms with Gasteiger partial charge in [-0.15, -0.1) is 0 Å². The molecule has 0 radical (unpaired) electrons. The van der Waals surface area contributed by atoms with Crippen LogP contribution in [0.2, 0.25) is 0 Å². The second kappa shape index (κ2) is 4.80. The van der Waals surface area contributed by atoms with Gasteiger partial charge >= 0.3 is 11.9 Å². The standard InChI is InChI=1S/C14H16O4/c1-8(2)9-4-5-12(17-3)10(6-9)11-7-13(15)18-14(11)16/h4-6,8,11H,7H2,1-3H3. The maximum absolute atomic E-state index is 11.6. The fourth-order valence-corrected chi connectivity index (χ4v) is 2.10. The molecule has 1 fully saturated rings. The van der Waals surface area contributed by atoms with Crippen LogP contribution in [0.5, 0.6) is 5.75 Å². The summed E-state index contributed by atoms with van der Waals surface area (Å²) in [5, 5.41) is 0. The van der Waals surface area contributed by atoms with Crippen LogP contribution in [-0.4, -0.2) is 19.0 Å². The molecule has 1 unspecified atom stereocenters. The molecule has 0 bridgehead atoms. The summed E-state index contributed by atoms with van der Waals surface area (Å²) < 4.78 is 9.85. The van der Waals surface area contributed by atoms with Crippen molar-refractivity contribution in [3.63, 3.8) is 0 Å². The Kier molecular flexibility index (Phi) is 3.36. The van der Waals surface area contributed by atoms with E-state index < -0.39 is 17.9 Å². The zero-order valence-corrected chi connectivity index (χ0v) is 10.7. The van der Waals surface area contributed by atoms with Crippen LogP contribution in [0.4, 0.5) is 0 Å². The highest BCUT2D eigenvalue weighted by Crippen LogP contribution is 2.35. The van der Waals surface area contributed by atoms with E-state index in [9.17, 15) is 9.59 Å². The van der Waals surface area contributed by atoms with Crippen LogP contribution < -0.4 is 4.74 Å². The predicted molar refractivity (Wildman–Crippen MR) is 65.5 cm³/mol. The van der Waals surface area contributed by atoms with E-state index in [1.165, 1.54) is 0 Å². The van der Waals surface area contributed by atoms with E-state index in [1.807, 2.05) is 18.2 Å². The van der Waals surface area contributed by atoms with Gasteiger partial charge in [-0.2, -0.15) is 0 Å². The predicted octanol–water partition coefficient (Wildman–Crippen LogP) is 2.38. The number of rotatable bonds is 3. The first-order chi connectivity index (χ1) is 8.52. The van der Waals surface area contributed by atoms with Crippen LogP contribution in [0, 0.1) is 0 Å². The molecule has 0 aromatic heterocycles. The van der Waals surface area contributed by atoms with Crippen molar-refractivity contribution in [3.05, 3.63) is 29.3 Å². The molecule has 1 saturated heterocycles. The van der Waals surface area contributed by atoms with E-state index in [4.69, 9.17) is 4.74 Å². The van der Waals surface area contributed by atoms with Gasteiger partial charge in [0.1, 0.15) is 5.75 Å². The van der Waals surface area contributed by atoms with Gasteiger partial charge in [-0.25, -0.2) is 0 Å². The van der Waals surface area contributed by atoms with E-state index in [2.05, 4.69) is 18.6 Å². The van der Waals surface area contributed by atoms with Crippen LogP contribution in [0.3, 0.4) is 0 Å². The Hall–Kier alpha value is -1.84. The van der Waals surface area contributed by atoms with Gasteiger partial charge < -0.3 is 9.47 Å². The number of carbonyl (C=O) groups excluding carboxylic acids is 2. The molecule has 4 heteroatoms. The van der Waals surface area contributed by atoms with Crippen molar-refractivity contribution in [3.8, 4) is 5.75 Å². The average Bonchev–Trinajstić information content (AvgIpc) is 2.67. The van der Waals surface area contributed by atoms with Gasteiger partial charge in [-0.1, -0.05) is 26.0 Å². The third-order valence-corrected chi connectivity index (χ3v) is 3.17. The first-order valence-corrected chi connectivity index (χ1v) is 5.95. The van der Waals surface area contributed by atoms with Gasteiger partial charge in [0.25, 0.3) is 0 Å². The molecular weight excluding hydrogens is 232 g/mol. The third kappa shape index (κ3) is 2.23. The summed E-state index contributed by atoms with van der Waals surface area (Å²) in [7, 11) is 1.55. The first-order valence-electron chi connectivity index (χ1n) is 5.95. The molecule has 0 aliphatic carbocycles. The van der Waals surface area contributed by atoms with E-state index >= 15 is 0 Å². The number of cyclic esters (lactones) is 2. The van der Waals surface area contributed by atoms with Crippen molar-refractivity contribution in [2.75, 3.05) is 7.11 Å². The van der Waals surface area contributed by atoms with E-state index in [-0.39, 0.29) is 6.42 Å². The number of esters is 2. The minimum absolute atomic E-state index is 0.0940. The van der Waals surface area contributed by atoms with Gasteiger partial charge in [0.05, 0.1) is 19.4 Å². The zero-order chi connectivity index (χ0) is 13.3. The lowest BCUT2D eigenvalue weighted by Gasteiger charge is -2.14. The lowest BCUT2D eigenvalue weighted by Crippen LogP contribution is -2.08. The minimum Gasteiger partial charge on any atom is -0.496 e. The second-order valence-corrected chi connectivity index (χ2v) is 4.71. The highest BCUT2D eigenvalue weighted by molar-refractivity contribution is 5.98. The molecule has 1 heterocycles. The Morgan fingerprint density at radius 2 is 2.06 bits per heavy atom. The van der Waals surface area contributed by atoms with E-state index in [0.29, 0.717) is 11.7 Å². The second-order valence-electron chi connectivity index (χ2n) is 4.71. The Balaban J connectivity index is 2.44. The van der Waals surface area contributed by atoms with Gasteiger partial charge in [-0.05, 0) is 17.5 Å². The van der Waals surface area contributed by atoms with Gasteiger partial charge in [0.15, 0.2) is 0 Å². The van der Waals surface area contributed by atoms with Crippen molar-refractivity contribution < 1.29 is 19.1 Å². The highest BCUT2D eigenvalue weighted by Gasteiger charge is 2.36. The Labute approximate surface area is 106 Å². The number of methoxy groups -OCH3 is 1. The summed E-state index contributed by atoms with van der Waals surface area (Å²) in [5.41, 5.74) is 1.84. The molecule has 4 nitrogen and oxygen atoms in total. The van der Waals surface area contributed by atoms with Crippen molar-refractivity contribution in [2.24, 2.45) is 0 Å². The lowest BCUT2D eigenvalue weighted by atomic mass is 9.92. The normalized spacial score (nSPS) is 19.2. The smallest absolute Gasteiger partial charge is 0.321 e. The van der Waals surface area contributed by atoms with Crippen LogP contribution in [0.25, 0.3) is 0 Å². The summed E-state index contributed by atoms with van der Waals surface area (Å²) in [6.07, 6.45) is 0.0940. The largest absolute Gasteiger partial charge is 0.496 e. The highest BCUT2D eigenvalue weighted by atomic mass is 16.6. The first kappa shape index (κ1) is 12.6. The van der Waals surface area contributed by atoms with Gasteiger partial charge in [0, 0.05) is 5.56 Å². The van der Waals surface area contributed by atoms with Crippen molar-refractivity contribution >= 4 is 11.9 Å². The van der Waals surface area contributed by atoms with Crippen LogP contribution in [0.15, 0.2) is 18.2 Å². The Morgan fingerprint density at radius 1 is 1.33 bits per heavy atom. The van der Waals surface area contributed by atoms with Crippen molar-refractivity contribution in [2.45, 2.75) is 32.1 Å². The van der Waals surface area contributed by atoms with E-state index in [1.54, 1.807) is 7.11 Å². The molecule has 0 N–H and O–H groups in total. The molecule has 1 aliphatic rings. The number of carbonyl (C=O) groups is 2. The molecule has 1 aromatic rings. The number of ether oxygens (including phenoxy) is 2. The van der Waals surface area contributed by atoms with Crippen molar-refractivity contribution in [1.82, 2.24) is 0 Å². The van der Waals surface area contributed by atoms with Crippen LogP contribution in [0.1, 0.15) is 43.2 Å². The Morgan fingerprint density at radius 3 is 2.56 bits per heavy atom. The fraction of sp³-hybridized carbons (Fsp3) is 0.429. The topological polar surface area (TPSA) is 52.6 Å². The van der Waals surface area contributed by atoms with Crippen LogP contribution >= 0.6 is 0 Å². The molecule has 18 heavy (non-hydrogen) atoms. The number of hydrogen-bond donors (Lipinski definition) is 0. The summed E-state index contributed by atoms with van der Waals surface area (Å²) in [4.78, 5) is 22.8. The Bertz CT molecular complexity index is 491. The molecule has 1 aliphatic heterocycles. The summed E-state index contributed by atoms with van der Waals surface area (Å²) in [6, 6.07) is 5.73. The monoisotopic (exact) mass is 248 g/mol. The molecule has 2 rings (SSSR count). The van der Waals surface area contributed by atoms with Crippen LogP contribution in [-0.2, 0) is 14.3 Å². The van der Waals surface area contributed by atoms with Gasteiger partial charge in [0.2, 0.25) is 0 Å². The fourth-order valence-electron chi connectivity index (χ4n) is 2.10. The third-order valence-electron chi connectivity index (χ3n) is 3.17. The van der Waals surface area contributed by atoms with Crippen molar-refractivity contribution in [1.29, 1.82) is 0 Å². The number of hydrogen-bond acceptors (Lipinski definition) is 4. The molecule has 96 valence electrons. The molecule has 1 aromatic carbocycles. The van der Waals surface area contributed by atoms with E-state index in [0.717, 1.165) is 11.1 Å². The zero-order valence-electron chi connectivity index (χ0n) is 10.7. The average molecular weight is 248 g/mol. The quantitative estimate of drug-likeness (QED) is 0.608. The molecule has 0 amide bonds. The maximum atomic E-state index is 11.6. The molecular formula is C14H16O4. The summed E-state index contributed by atoms with van der Waals surface area (Å²) in [6.45, 7) is 4.15. The number of benzene rings is 1. The van der Waals surface area contributed by atoms with Gasteiger partial charge in [-0.3, -0.25) is 9.59 Å². The maximum Gasteiger partial charge on any atom is 0.321 e. The lowest BCUT2D eigenvalue weighted by molar-refractivity contribution is -0.152. The summed E-state index contributed by atoms with van der Waals surface area (Å²) >= 11 is 0. The molecule has 0 spiro atoms. The summed E-state index contributed by atoms with van der Waals surface area (Å²) in [5.74, 6) is -0.522. The minimum atomic E-state index is -0.536.